The van der Waals surface area contributed by atoms with Crippen molar-refractivity contribution in [3.05, 3.63) is 34.2 Å². The molecular formula is C14H20N2O3. The first-order valence-corrected chi connectivity index (χ1v) is 6.66. The van der Waals surface area contributed by atoms with Crippen LogP contribution >= 0.6 is 0 Å². The number of aryl methyl sites for hydroxylation is 1. The molecule has 0 spiro atoms. The minimum absolute atomic E-state index is 0.0501. The number of aromatic nitrogens is 1. The van der Waals surface area contributed by atoms with Crippen LogP contribution in [0.4, 0.5) is 0 Å². The van der Waals surface area contributed by atoms with Crippen molar-refractivity contribution in [2.45, 2.75) is 26.3 Å². The number of carbonyl (C=O) groups is 1. The molecule has 1 saturated heterocycles. The zero-order valence-electron chi connectivity index (χ0n) is 11.2. The van der Waals surface area contributed by atoms with Crippen LogP contribution in [0.25, 0.3) is 0 Å². The van der Waals surface area contributed by atoms with Gasteiger partial charge < -0.3 is 14.6 Å². The highest BCUT2D eigenvalue weighted by Crippen LogP contribution is 2.15. The molecule has 0 bridgehead atoms. The number of piperidine rings is 1. The van der Waals surface area contributed by atoms with E-state index < -0.39 is 0 Å². The summed E-state index contributed by atoms with van der Waals surface area (Å²) in [6, 6.07) is 3.52. The lowest BCUT2D eigenvalue weighted by molar-refractivity contribution is -0.134. The maximum Gasteiger partial charge on any atom is 0.253 e. The third kappa shape index (κ3) is 3.23. The molecule has 1 aromatic rings. The van der Waals surface area contributed by atoms with E-state index in [-0.39, 0.29) is 30.5 Å². The summed E-state index contributed by atoms with van der Waals surface area (Å²) in [5.74, 6) is 0.123. The summed E-state index contributed by atoms with van der Waals surface area (Å²) in [5, 5.41) is 9.17. The number of likely N-dealkylation sites (tertiary alicyclic amines) is 1. The number of rotatable bonds is 3. The largest absolute Gasteiger partial charge is 0.396 e. The minimum atomic E-state index is -0.119. The van der Waals surface area contributed by atoms with Gasteiger partial charge in [0.15, 0.2) is 0 Å². The van der Waals surface area contributed by atoms with Crippen molar-refractivity contribution in [1.29, 1.82) is 0 Å². The van der Waals surface area contributed by atoms with Crippen LogP contribution in [0.15, 0.2) is 23.1 Å². The highest BCUT2D eigenvalue weighted by Gasteiger charge is 2.23. The van der Waals surface area contributed by atoms with Crippen molar-refractivity contribution < 1.29 is 9.90 Å². The molecule has 1 aromatic heterocycles. The zero-order valence-corrected chi connectivity index (χ0v) is 11.2. The van der Waals surface area contributed by atoms with E-state index in [1.54, 1.807) is 30.2 Å². The summed E-state index contributed by atoms with van der Waals surface area (Å²) >= 11 is 0. The van der Waals surface area contributed by atoms with E-state index in [2.05, 4.69) is 0 Å². The molecule has 5 heteroatoms. The van der Waals surface area contributed by atoms with E-state index in [1.807, 2.05) is 0 Å². The van der Waals surface area contributed by atoms with Crippen LogP contribution in [-0.4, -0.2) is 40.2 Å². The molecule has 1 unspecified atom stereocenters. The summed E-state index contributed by atoms with van der Waals surface area (Å²) in [6.07, 6.45) is 3.52. The number of carbonyl (C=O) groups excluding carboxylic acids is 1. The lowest BCUT2D eigenvalue weighted by Crippen LogP contribution is -2.43. The number of pyridine rings is 1. The number of hydrogen-bond acceptors (Lipinski definition) is 3. The Morgan fingerprint density at radius 3 is 3.05 bits per heavy atom. The van der Waals surface area contributed by atoms with Crippen LogP contribution in [-0.2, 0) is 11.3 Å². The van der Waals surface area contributed by atoms with E-state index >= 15 is 0 Å². The Kier molecular flexibility index (Phi) is 4.37. The van der Waals surface area contributed by atoms with Crippen molar-refractivity contribution in [1.82, 2.24) is 9.47 Å². The molecular weight excluding hydrogens is 244 g/mol. The van der Waals surface area contributed by atoms with Gasteiger partial charge in [-0.1, -0.05) is 6.07 Å². The molecule has 1 fully saturated rings. The van der Waals surface area contributed by atoms with Gasteiger partial charge in [0.25, 0.3) is 5.56 Å². The first kappa shape index (κ1) is 13.8. The smallest absolute Gasteiger partial charge is 0.253 e. The number of amides is 1. The van der Waals surface area contributed by atoms with Gasteiger partial charge in [0.05, 0.1) is 0 Å². The van der Waals surface area contributed by atoms with Gasteiger partial charge in [-0.15, -0.1) is 0 Å². The molecule has 1 N–H and O–H groups in total. The highest BCUT2D eigenvalue weighted by molar-refractivity contribution is 5.76. The summed E-state index contributed by atoms with van der Waals surface area (Å²) in [4.78, 5) is 25.8. The van der Waals surface area contributed by atoms with Gasteiger partial charge in [0.1, 0.15) is 6.54 Å². The zero-order chi connectivity index (χ0) is 13.8. The van der Waals surface area contributed by atoms with Crippen molar-refractivity contribution in [2.75, 3.05) is 19.7 Å². The third-order valence-electron chi connectivity index (χ3n) is 3.65. The Labute approximate surface area is 112 Å². The van der Waals surface area contributed by atoms with Crippen LogP contribution in [0.3, 0.4) is 0 Å². The van der Waals surface area contributed by atoms with Crippen molar-refractivity contribution in [3.63, 3.8) is 0 Å². The van der Waals surface area contributed by atoms with Crippen LogP contribution in [0.5, 0.6) is 0 Å². The highest BCUT2D eigenvalue weighted by atomic mass is 16.3. The fourth-order valence-corrected chi connectivity index (χ4v) is 2.47. The summed E-state index contributed by atoms with van der Waals surface area (Å²) in [7, 11) is 0. The second-order valence-corrected chi connectivity index (χ2v) is 5.15. The summed E-state index contributed by atoms with van der Waals surface area (Å²) in [6.45, 7) is 3.25. The molecule has 1 aliphatic rings. The molecule has 0 saturated carbocycles. The minimum Gasteiger partial charge on any atom is -0.396 e. The molecule has 2 heterocycles. The summed E-state index contributed by atoms with van der Waals surface area (Å²) in [5.41, 5.74) is 0.522. The van der Waals surface area contributed by atoms with E-state index in [0.29, 0.717) is 12.1 Å². The predicted molar refractivity (Wildman–Crippen MR) is 71.8 cm³/mol. The second kappa shape index (κ2) is 6.02. The Hall–Kier alpha value is -1.62. The van der Waals surface area contributed by atoms with E-state index in [0.717, 1.165) is 19.4 Å². The van der Waals surface area contributed by atoms with E-state index in [1.165, 1.54) is 4.57 Å². The molecule has 104 valence electrons. The van der Waals surface area contributed by atoms with Gasteiger partial charge in [-0.05, 0) is 31.7 Å². The first-order valence-electron chi connectivity index (χ1n) is 6.66. The van der Waals surface area contributed by atoms with Crippen molar-refractivity contribution >= 4 is 5.91 Å². The fraction of sp³-hybridized carbons (Fsp3) is 0.571. The van der Waals surface area contributed by atoms with Gasteiger partial charge >= 0.3 is 0 Å². The standard InChI is InChI=1S/C14H20N2O3/c1-11-4-2-7-16(14(11)19)9-13(18)15-6-3-5-12(8-15)10-17/h2,4,7,12,17H,3,5-6,8-10H2,1H3. The molecule has 1 amide bonds. The summed E-state index contributed by atoms with van der Waals surface area (Å²) < 4.78 is 1.44. The van der Waals surface area contributed by atoms with Crippen LogP contribution in [0.2, 0.25) is 0 Å². The Bertz CT molecular complexity index is 510. The lowest BCUT2D eigenvalue weighted by Gasteiger charge is -2.32. The van der Waals surface area contributed by atoms with E-state index in [9.17, 15) is 9.59 Å². The topological polar surface area (TPSA) is 62.5 Å². The first-order chi connectivity index (χ1) is 9.11. The fourth-order valence-electron chi connectivity index (χ4n) is 2.47. The van der Waals surface area contributed by atoms with Gasteiger partial charge in [-0.3, -0.25) is 9.59 Å². The normalized spacial score (nSPS) is 19.5. The number of aliphatic hydroxyl groups excluding tert-OH is 1. The lowest BCUT2D eigenvalue weighted by atomic mass is 9.99. The third-order valence-corrected chi connectivity index (χ3v) is 3.65. The maximum absolute atomic E-state index is 12.2. The van der Waals surface area contributed by atoms with E-state index in [4.69, 9.17) is 5.11 Å². The molecule has 0 aliphatic carbocycles. The monoisotopic (exact) mass is 264 g/mol. The number of hydrogen-bond donors (Lipinski definition) is 1. The average Bonchev–Trinajstić information content (AvgIpc) is 2.44. The maximum atomic E-state index is 12.2. The SMILES string of the molecule is Cc1cccn(CC(=O)N2CCCC(CO)C2)c1=O. The molecule has 5 nitrogen and oxygen atoms in total. The quantitative estimate of drug-likeness (QED) is 0.859. The molecule has 0 radical (unpaired) electrons. The van der Waals surface area contributed by atoms with Crippen molar-refractivity contribution in [3.8, 4) is 0 Å². The van der Waals surface area contributed by atoms with Gasteiger partial charge in [-0.2, -0.15) is 0 Å². The van der Waals surface area contributed by atoms with Crippen LogP contribution < -0.4 is 5.56 Å². The number of aliphatic hydroxyl groups is 1. The molecule has 0 aromatic carbocycles. The van der Waals surface area contributed by atoms with Gasteiger partial charge in [-0.25, -0.2) is 0 Å². The van der Waals surface area contributed by atoms with Crippen LogP contribution in [0, 0.1) is 12.8 Å². The molecule has 1 atom stereocenters. The van der Waals surface area contributed by atoms with Gasteiger partial charge in [0, 0.05) is 31.5 Å². The Morgan fingerprint density at radius 2 is 2.32 bits per heavy atom. The average molecular weight is 264 g/mol. The molecule has 2 rings (SSSR count). The molecule has 1 aliphatic heterocycles. The second-order valence-electron chi connectivity index (χ2n) is 5.15. The number of nitrogens with zero attached hydrogens (tertiary/aromatic N) is 2. The predicted octanol–water partition coefficient (Wildman–Crippen LogP) is 0.388. The van der Waals surface area contributed by atoms with Crippen LogP contribution in [0.1, 0.15) is 18.4 Å². The van der Waals surface area contributed by atoms with Crippen molar-refractivity contribution in [2.24, 2.45) is 5.92 Å². The molecule has 19 heavy (non-hydrogen) atoms. The van der Waals surface area contributed by atoms with Gasteiger partial charge in [0.2, 0.25) is 5.91 Å². The Morgan fingerprint density at radius 1 is 1.53 bits per heavy atom. The Balaban J connectivity index is 2.04.